The summed E-state index contributed by atoms with van der Waals surface area (Å²) in [7, 11) is -3.56. The average Bonchev–Trinajstić information content (AvgIpc) is 2.80. The van der Waals surface area contributed by atoms with E-state index in [1.807, 2.05) is 12.1 Å². The van der Waals surface area contributed by atoms with Gasteiger partial charge in [0.15, 0.2) is 0 Å². The van der Waals surface area contributed by atoms with Crippen molar-refractivity contribution in [2.24, 2.45) is 0 Å². The van der Waals surface area contributed by atoms with Crippen LogP contribution < -0.4 is 14.9 Å². The fourth-order valence-corrected chi connectivity index (χ4v) is 5.23. The van der Waals surface area contributed by atoms with Crippen LogP contribution in [-0.4, -0.2) is 56.8 Å². The first-order valence-electron chi connectivity index (χ1n) is 10.5. The molecule has 2 aromatic rings. The lowest BCUT2D eigenvalue weighted by Gasteiger charge is -2.30. The molecule has 0 radical (unpaired) electrons. The van der Waals surface area contributed by atoms with Crippen LogP contribution in [0.15, 0.2) is 47.8 Å². The monoisotopic (exact) mass is 431 g/mol. The smallest absolute Gasteiger partial charge is 0.242 e. The molecule has 0 spiro atoms. The minimum absolute atomic E-state index is 0.0344. The van der Waals surface area contributed by atoms with Crippen LogP contribution >= 0.6 is 0 Å². The average molecular weight is 432 g/mol. The Morgan fingerprint density at radius 2 is 1.70 bits per heavy atom. The number of anilines is 1. The number of hydrogen-bond acceptors (Lipinski definition) is 7. The Hall–Kier alpha value is -2.07. The molecule has 1 aliphatic heterocycles. The number of nitrogens with zero attached hydrogens (tertiary/aromatic N) is 3. The highest BCUT2D eigenvalue weighted by Crippen LogP contribution is 2.22. The zero-order valence-corrected chi connectivity index (χ0v) is 17.9. The number of pyridine rings is 2. The van der Waals surface area contributed by atoms with Crippen molar-refractivity contribution < 1.29 is 13.2 Å². The van der Waals surface area contributed by atoms with Crippen LogP contribution in [0.25, 0.3) is 0 Å². The van der Waals surface area contributed by atoms with Gasteiger partial charge in [0.2, 0.25) is 10.0 Å². The van der Waals surface area contributed by atoms with E-state index in [-0.39, 0.29) is 10.9 Å². The quantitative estimate of drug-likeness (QED) is 0.689. The molecule has 30 heavy (non-hydrogen) atoms. The van der Waals surface area contributed by atoms with Gasteiger partial charge < -0.3 is 15.0 Å². The summed E-state index contributed by atoms with van der Waals surface area (Å²) in [6.45, 7) is 3.70. The van der Waals surface area contributed by atoms with Crippen molar-refractivity contribution in [3.8, 4) is 0 Å². The molecule has 0 amide bonds. The third kappa shape index (κ3) is 5.54. The maximum Gasteiger partial charge on any atom is 0.242 e. The summed E-state index contributed by atoms with van der Waals surface area (Å²) in [5.41, 5.74) is 1.21. The molecule has 162 valence electrons. The van der Waals surface area contributed by atoms with E-state index >= 15 is 0 Å². The van der Waals surface area contributed by atoms with Crippen molar-refractivity contribution in [2.75, 3.05) is 31.2 Å². The lowest BCUT2D eigenvalue weighted by Crippen LogP contribution is -2.42. The van der Waals surface area contributed by atoms with Crippen LogP contribution in [-0.2, 0) is 21.3 Å². The molecule has 2 aromatic heterocycles. The van der Waals surface area contributed by atoms with E-state index in [0.717, 1.165) is 51.1 Å². The van der Waals surface area contributed by atoms with Gasteiger partial charge in [-0.25, -0.2) is 18.1 Å². The molecule has 1 aliphatic carbocycles. The number of sulfonamides is 1. The van der Waals surface area contributed by atoms with Gasteiger partial charge in [-0.3, -0.25) is 4.98 Å². The van der Waals surface area contributed by atoms with Crippen molar-refractivity contribution >= 4 is 15.8 Å². The van der Waals surface area contributed by atoms with Gasteiger partial charge in [-0.15, -0.1) is 0 Å². The molecule has 0 aromatic carbocycles. The second-order valence-electron chi connectivity index (χ2n) is 7.86. The Morgan fingerprint density at radius 1 is 1.00 bits per heavy atom. The Bertz CT molecular complexity index is 894. The molecule has 0 unspecified atom stereocenters. The lowest BCUT2D eigenvalue weighted by atomic mass is 9.92. The first-order valence-corrected chi connectivity index (χ1v) is 12.0. The minimum atomic E-state index is -3.56. The number of aromatic nitrogens is 2. The summed E-state index contributed by atoms with van der Waals surface area (Å²) in [5.74, 6) is 0.790. The molecular formula is C21H29N5O3S. The Balaban J connectivity index is 1.26. The topological polar surface area (TPSA) is 96.5 Å². The van der Waals surface area contributed by atoms with Crippen molar-refractivity contribution in [3.05, 3.63) is 48.4 Å². The van der Waals surface area contributed by atoms with E-state index in [2.05, 4.69) is 24.9 Å². The number of nitrogens with one attached hydrogen (secondary N) is 2. The van der Waals surface area contributed by atoms with E-state index < -0.39 is 10.0 Å². The molecule has 9 heteroatoms. The molecule has 2 fully saturated rings. The summed E-state index contributed by atoms with van der Waals surface area (Å²) in [5, 5.41) is 3.56. The first-order chi connectivity index (χ1) is 14.6. The largest absolute Gasteiger partial charge is 0.378 e. The van der Waals surface area contributed by atoms with Gasteiger partial charge in [0, 0.05) is 50.3 Å². The van der Waals surface area contributed by atoms with Gasteiger partial charge >= 0.3 is 0 Å². The van der Waals surface area contributed by atoms with Crippen molar-refractivity contribution in [3.63, 3.8) is 0 Å². The minimum Gasteiger partial charge on any atom is -0.378 e. The predicted octanol–water partition coefficient (Wildman–Crippen LogP) is 1.69. The van der Waals surface area contributed by atoms with Crippen LogP contribution in [0.5, 0.6) is 0 Å². The van der Waals surface area contributed by atoms with Gasteiger partial charge in [-0.2, -0.15) is 0 Å². The molecule has 1 saturated heterocycles. The van der Waals surface area contributed by atoms with Gasteiger partial charge in [0.25, 0.3) is 0 Å². The second kappa shape index (κ2) is 9.82. The summed E-state index contributed by atoms with van der Waals surface area (Å²) >= 11 is 0. The predicted molar refractivity (Wildman–Crippen MR) is 115 cm³/mol. The standard InChI is InChI=1S/C21H29N5O3S/c27-30(28,20-5-6-21(24-16-20)26-11-13-29-14-12-26)25-19-3-1-18(2-4-19)23-15-17-7-9-22-10-8-17/h5-10,16,18-19,23,25H,1-4,11-15H2. The first kappa shape index (κ1) is 21.2. The number of rotatable bonds is 7. The highest BCUT2D eigenvalue weighted by molar-refractivity contribution is 7.89. The Morgan fingerprint density at radius 3 is 2.37 bits per heavy atom. The van der Waals surface area contributed by atoms with Gasteiger partial charge in [0.05, 0.1) is 13.2 Å². The number of hydrogen-bond donors (Lipinski definition) is 2. The summed E-state index contributed by atoms with van der Waals surface area (Å²) in [4.78, 5) is 10.7. The maximum absolute atomic E-state index is 12.8. The van der Waals surface area contributed by atoms with Gasteiger partial charge in [-0.05, 0) is 55.5 Å². The molecule has 3 heterocycles. The summed E-state index contributed by atoms with van der Waals surface area (Å²) in [6.07, 6.45) is 8.60. The summed E-state index contributed by atoms with van der Waals surface area (Å²) in [6, 6.07) is 7.80. The van der Waals surface area contributed by atoms with Crippen LogP contribution in [0.3, 0.4) is 0 Å². The second-order valence-corrected chi connectivity index (χ2v) is 9.57. The molecule has 2 N–H and O–H groups in total. The van der Waals surface area contributed by atoms with Gasteiger partial charge in [-0.1, -0.05) is 0 Å². The van der Waals surface area contributed by atoms with E-state index in [1.165, 1.54) is 11.8 Å². The third-order valence-corrected chi connectivity index (χ3v) is 7.27. The molecule has 4 rings (SSSR count). The fraction of sp³-hybridized carbons (Fsp3) is 0.524. The van der Waals surface area contributed by atoms with Crippen LogP contribution in [0.4, 0.5) is 5.82 Å². The molecule has 2 aliphatic rings. The molecular weight excluding hydrogens is 402 g/mol. The summed E-state index contributed by atoms with van der Waals surface area (Å²) < 4.78 is 33.8. The Labute approximate surface area is 178 Å². The van der Waals surface area contributed by atoms with Crippen LogP contribution in [0.1, 0.15) is 31.2 Å². The lowest BCUT2D eigenvalue weighted by molar-refractivity contribution is 0.122. The SMILES string of the molecule is O=S(=O)(NC1CCC(NCc2ccncc2)CC1)c1ccc(N2CCOCC2)nc1. The number of morpholine rings is 1. The zero-order chi connectivity index (χ0) is 20.8. The van der Waals surface area contributed by atoms with E-state index in [1.54, 1.807) is 24.5 Å². The highest BCUT2D eigenvalue weighted by atomic mass is 32.2. The normalized spacial score (nSPS) is 22.7. The van der Waals surface area contributed by atoms with Crippen molar-refractivity contribution in [1.82, 2.24) is 20.0 Å². The molecule has 0 atom stereocenters. The van der Waals surface area contributed by atoms with Crippen LogP contribution in [0.2, 0.25) is 0 Å². The Kier molecular flexibility index (Phi) is 6.93. The van der Waals surface area contributed by atoms with Crippen molar-refractivity contribution in [1.29, 1.82) is 0 Å². The highest BCUT2D eigenvalue weighted by Gasteiger charge is 2.26. The molecule has 8 nitrogen and oxygen atoms in total. The molecule has 1 saturated carbocycles. The van der Waals surface area contributed by atoms with Crippen molar-refractivity contribution in [2.45, 2.75) is 49.2 Å². The van der Waals surface area contributed by atoms with E-state index in [9.17, 15) is 8.42 Å². The molecule has 0 bridgehead atoms. The fourth-order valence-electron chi connectivity index (χ4n) is 3.98. The zero-order valence-electron chi connectivity index (χ0n) is 17.0. The van der Waals surface area contributed by atoms with Crippen LogP contribution in [0, 0.1) is 0 Å². The van der Waals surface area contributed by atoms with E-state index in [0.29, 0.717) is 19.3 Å². The maximum atomic E-state index is 12.8. The van der Waals surface area contributed by atoms with Gasteiger partial charge in [0.1, 0.15) is 10.7 Å². The van der Waals surface area contributed by atoms with E-state index in [4.69, 9.17) is 4.74 Å². The third-order valence-electron chi connectivity index (χ3n) is 5.76. The number of ether oxygens (including phenoxy) is 1.